The quantitative estimate of drug-likeness (QED) is 0.924. The molecule has 5 heteroatoms. The topological polar surface area (TPSA) is 54.2 Å². The lowest BCUT2D eigenvalue weighted by Crippen LogP contribution is -2.27. The summed E-state index contributed by atoms with van der Waals surface area (Å²) in [6.07, 6.45) is 1.17. The van der Waals surface area contributed by atoms with E-state index in [2.05, 4.69) is 39.5 Å². The maximum Gasteiger partial charge on any atom is 0.247 e. The van der Waals surface area contributed by atoms with E-state index in [-0.39, 0.29) is 0 Å². The lowest BCUT2D eigenvalue weighted by atomic mass is 10.1. The van der Waals surface area contributed by atoms with E-state index in [1.54, 1.807) is 0 Å². The van der Waals surface area contributed by atoms with Crippen LogP contribution < -0.4 is 5.32 Å². The predicted octanol–water partition coefficient (Wildman–Crippen LogP) is 1.84. The Kier molecular flexibility index (Phi) is 4.08. The molecule has 0 atom stereocenters. The second-order valence-corrected chi connectivity index (χ2v) is 5.25. The maximum atomic E-state index is 5.77. The molecule has 1 N–H and O–H groups in total. The minimum Gasteiger partial charge on any atom is -0.419 e. The highest BCUT2D eigenvalue weighted by molar-refractivity contribution is 5.52. The molecule has 2 aromatic rings. The van der Waals surface area contributed by atoms with Crippen molar-refractivity contribution in [2.45, 2.75) is 19.9 Å². The van der Waals surface area contributed by atoms with Gasteiger partial charge in [-0.15, -0.1) is 10.2 Å². The number of benzene rings is 1. The molecular formula is C15H20N4O. The van der Waals surface area contributed by atoms with E-state index in [9.17, 15) is 0 Å². The van der Waals surface area contributed by atoms with Crippen molar-refractivity contribution in [1.82, 2.24) is 20.4 Å². The van der Waals surface area contributed by atoms with Crippen LogP contribution in [0.5, 0.6) is 0 Å². The molecule has 0 unspecified atom stereocenters. The Morgan fingerprint density at radius 1 is 1.15 bits per heavy atom. The van der Waals surface area contributed by atoms with Gasteiger partial charge in [-0.1, -0.05) is 17.7 Å². The molecule has 1 fully saturated rings. The van der Waals surface area contributed by atoms with E-state index in [1.165, 1.54) is 12.0 Å². The van der Waals surface area contributed by atoms with Gasteiger partial charge in [0, 0.05) is 18.7 Å². The third-order valence-corrected chi connectivity index (χ3v) is 3.56. The molecule has 5 nitrogen and oxygen atoms in total. The molecule has 0 amide bonds. The molecule has 0 spiro atoms. The second-order valence-electron chi connectivity index (χ2n) is 5.25. The van der Waals surface area contributed by atoms with Gasteiger partial charge in [-0.25, -0.2) is 0 Å². The summed E-state index contributed by atoms with van der Waals surface area (Å²) in [7, 11) is 0. The monoisotopic (exact) mass is 272 g/mol. The Morgan fingerprint density at radius 2 is 2.00 bits per heavy atom. The summed E-state index contributed by atoms with van der Waals surface area (Å²) in [6.45, 7) is 7.03. The van der Waals surface area contributed by atoms with E-state index in [4.69, 9.17) is 4.42 Å². The third-order valence-electron chi connectivity index (χ3n) is 3.56. The molecular weight excluding hydrogens is 252 g/mol. The van der Waals surface area contributed by atoms with Crippen molar-refractivity contribution in [1.29, 1.82) is 0 Å². The fraction of sp³-hybridized carbons (Fsp3) is 0.467. The van der Waals surface area contributed by atoms with Gasteiger partial charge >= 0.3 is 0 Å². The second kappa shape index (κ2) is 6.15. The Morgan fingerprint density at radius 3 is 2.85 bits per heavy atom. The van der Waals surface area contributed by atoms with Crippen molar-refractivity contribution >= 4 is 0 Å². The van der Waals surface area contributed by atoms with Crippen LogP contribution in [0, 0.1) is 6.92 Å². The molecule has 1 aromatic carbocycles. The van der Waals surface area contributed by atoms with Gasteiger partial charge in [-0.05, 0) is 38.6 Å². The van der Waals surface area contributed by atoms with Crippen LogP contribution in [0.1, 0.15) is 17.9 Å². The molecule has 1 aromatic heterocycles. The van der Waals surface area contributed by atoms with Gasteiger partial charge in [-0.2, -0.15) is 0 Å². The van der Waals surface area contributed by atoms with Crippen molar-refractivity contribution in [3.8, 4) is 11.5 Å². The van der Waals surface area contributed by atoms with E-state index in [0.29, 0.717) is 11.8 Å². The number of aryl methyl sites for hydroxylation is 1. The van der Waals surface area contributed by atoms with E-state index in [0.717, 1.165) is 38.3 Å². The zero-order valence-corrected chi connectivity index (χ0v) is 11.8. The molecule has 0 radical (unpaired) electrons. The lowest BCUT2D eigenvalue weighted by molar-refractivity contribution is 0.255. The summed E-state index contributed by atoms with van der Waals surface area (Å²) in [6, 6.07) is 8.14. The first-order chi connectivity index (χ1) is 9.81. The molecule has 1 aliphatic rings. The minimum absolute atomic E-state index is 0.605. The Balaban J connectivity index is 1.68. The zero-order chi connectivity index (χ0) is 13.8. The number of hydrogen-bond acceptors (Lipinski definition) is 5. The molecule has 1 saturated heterocycles. The smallest absolute Gasteiger partial charge is 0.247 e. The van der Waals surface area contributed by atoms with Gasteiger partial charge in [0.2, 0.25) is 11.8 Å². The van der Waals surface area contributed by atoms with Crippen molar-refractivity contribution in [2.75, 3.05) is 26.2 Å². The number of nitrogens with zero attached hydrogens (tertiary/aromatic N) is 3. The maximum absolute atomic E-state index is 5.77. The zero-order valence-electron chi connectivity index (χ0n) is 11.8. The van der Waals surface area contributed by atoms with Gasteiger partial charge in [0.25, 0.3) is 0 Å². The molecule has 0 bridgehead atoms. The van der Waals surface area contributed by atoms with Gasteiger partial charge < -0.3 is 9.73 Å². The molecule has 20 heavy (non-hydrogen) atoms. The van der Waals surface area contributed by atoms with Gasteiger partial charge in [0.15, 0.2) is 0 Å². The molecule has 0 aliphatic carbocycles. The predicted molar refractivity (Wildman–Crippen MR) is 77.2 cm³/mol. The van der Waals surface area contributed by atoms with Crippen LogP contribution in [0.4, 0.5) is 0 Å². The highest BCUT2D eigenvalue weighted by atomic mass is 16.4. The number of rotatable bonds is 3. The lowest BCUT2D eigenvalue weighted by Gasteiger charge is -2.16. The van der Waals surface area contributed by atoms with E-state index >= 15 is 0 Å². The van der Waals surface area contributed by atoms with Gasteiger partial charge in [0.05, 0.1) is 6.54 Å². The third kappa shape index (κ3) is 3.23. The summed E-state index contributed by atoms with van der Waals surface area (Å²) in [5, 5.41) is 11.7. The van der Waals surface area contributed by atoms with Crippen LogP contribution in [0.25, 0.3) is 11.5 Å². The van der Waals surface area contributed by atoms with Crippen LogP contribution in [0.15, 0.2) is 28.7 Å². The molecule has 106 valence electrons. The van der Waals surface area contributed by atoms with Crippen LogP contribution in [0.2, 0.25) is 0 Å². The summed E-state index contributed by atoms with van der Waals surface area (Å²) >= 11 is 0. The van der Waals surface area contributed by atoms with Crippen molar-refractivity contribution < 1.29 is 4.42 Å². The van der Waals surface area contributed by atoms with E-state index < -0.39 is 0 Å². The van der Waals surface area contributed by atoms with Crippen molar-refractivity contribution in [3.05, 3.63) is 35.7 Å². The van der Waals surface area contributed by atoms with E-state index in [1.807, 2.05) is 12.1 Å². The first-order valence-corrected chi connectivity index (χ1v) is 7.14. The first-order valence-electron chi connectivity index (χ1n) is 7.14. The van der Waals surface area contributed by atoms with Gasteiger partial charge in [-0.3, -0.25) is 4.90 Å². The molecule has 1 aliphatic heterocycles. The average Bonchev–Trinajstić information content (AvgIpc) is 2.76. The fourth-order valence-corrected chi connectivity index (χ4v) is 2.38. The fourth-order valence-electron chi connectivity index (χ4n) is 2.38. The average molecular weight is 272 g/mol. The van der Waals surface area contributed by atoms with Crippen molar-refractivity contribution in [2.24, 2.45) is 0 Å². The normalized spacial score (nSPS) is 17.1. The van der Waals surface area contributed by atoms with Crippen LogP contribution >= 0.6 is 0 Å². The Labute approximate surface area is 119 Å². The van der Waals surface area contributed by atoms with Crippen LogP contribution in [0.3, 0.4) is 0 Å². The highest BCUT2D eigenvalue weighted by Gasteiger charge is 2.14. The molecule has 0 saturated carbocycles. The standard InChI is InChI=1S/C15H20N4O/c1-12-3-5-13(6-4-12)15-18-17-14(20-15)11-19-9-2-7-16-8-10-19/h3-6,16H,2,7-11H2,1H3. The van der Waals surface area contributed by atoms with Crippen LogP contribution in [-0.2, 0) is 6.54 Å². The number of aromatic nitrogens is 2. The van der Waals surface area contributed by atoms with Gasteiger partial charge in [0.1, 0.15) is 0 Å². The summed E-state index contributed by atoms with van der Waals surface area (Å²) in [5.41, 5.74) is 2.21. The van der Waals surface area contributed by atoms with Crippen molar-refractivity contribution in [3.63, 3.8) is 0 Å². The number of nitrogens with one attached hydrogen (secondary N) is 1. The largest absolute Gasteiger partial charge is 0.419 e. The Hall–Kier alpha value is -1.72. The Bertz CT molecular complexity index is 541. The first kappa shape index (κ1) is 13.3. The SMILES string of the molecule is Cc1ccc(-c2nnc(CN3CCCNCC3)o2)cc1. The minimum atomic E-state index is 0.605. The highest BCUT2D eigenvalue weighted by Crippen LogP contribution is 2.18. The molecule has 3 rings (SSSR count). The summed E-state index contributed by atoms with van der Waals surface area (Å²) < 4.78 is 5.77. The number of hydrogen-bond donors (Lipinski definition) is 1. The van der Waals surface area contributed by atoms with Crippen LogP contribution in [-0.4, -0.2) is 41.3 Å². The summed E-state index contributed by atoms with van der Waals surface area (Å²) in [5.74, 6) is 1.30. The molecule has 2 heterocycles. The summed E-state index contributed by atoms with van der Waals surface area (Å²) in [4.78, 5) is 2.35.